The fourth-order valence-corrected chi connectivity index (χ4v) is 4.31. The van der Waals surface area contributed by atoms with E-state index in [2.05, 4.69) is 27.7 Å². The van der Waals surface area contributed by atoms with Crippen molar-refractivity contribution in [2.45, 2.75) is 43.1 Å². The maximum absolute atomic E-state index is 15.1. The predicted molar refractivity (Wildman–Crippen MR) is 127 cm³/mol. The molecule has 184 valence electrons. The monoisotopic (exact) mass is 593 g/mol. The van der Waals surface area contributed by atoms with Crippen molar-refractivity contribution in [3.8, 4) is 5.69 Å². The van der Waals surface area contributed by atoms with Crippen LogP contribution in [0.25, 0.3) is 5.69 Å². The first-order valence-electron chi connectivity index (χ1n) is 10.7. The summed E-state index contributed by atoms with van der Waals surface area (Å²) in [7, 11) is 0. The second-order valence-corrected chi connectivity index (χ2v) is 10.1. The largest absolute Gasteiger partial charge is 0.419 e. The molecule has 1 aliphatic heterocycles. The van der Waals surface area contributed by atoms with Crippen molar-refractivity contribution < 1.29 is 22.3 Å². The average Bonchev–Trinajstić information content (AvgIpc) is 3.40. The highest BCUT2D eigenvalue weighted by Gasteiger charge is 2.37. The van der Waals surface area contributed by atoms with Gasteiger partial charge in [0.25, 0.3) is 0 Å². The van der Waals surface area contributed by atoms with E-state index in [4.69, 9.17) is 4.74 Å². The second kappa shape index (κ2) is 9.36. The molecule has 3 heterocycles. The highest BCUT2D eigenvalue weighted by Crippen LogP contribution is 2.37. The minimum absolute atomic E-state index is 0.0976. The van der Waals surface area contributed by atoms with Gasteiger partial charge in [-0.15, -0.1) is 0 Å². The van der Waals surface area contributed by atoms with Gasteiger partial charge in [-0.2, -0.15) is 18.3 Å². The van der Waals surface area contributed by atoms with Crippen molar-refractivity contribution in [3.05, 3.63) is 64.3 Å². The highest BCUT2D eigenvalue weighted by atomic mass is 127. The van der Waals surface area contributed by atoms with Gasteiger partial charge in [0, 0.05) is 42.9 Å². The normalized spacial score (nSPS) is 18.8. The maximum Gasteiger partial charge on any atom is 0.419 e. The summed E-state index contributed by atoms with van der Waals surface area (Å²) < 4.78 is 65.8. The number of alkyl halides is 4. The Balaban J connectivity index is 1.78. The van der Waals surface area contributed by atoms with Crippen LogP contribution in [0, 0.1) is 5.82 Å². The Labute approximate surface area is 207 Å². The molecular formula is C22H24F4IN5O2. The Kier molecular flexibility index (Phi) is 6.82. The van der Waals surface area contributed by atoms with Gasteiger partial charge < -0.3 is 9.64 Å². The molecule has 0 radical (unpaired) electrons. The standard InChI is InChI=1S/C22H24F4IN5O2/c1-13-11-29(6-7-34-13)17-8-18(22(24,25)26)20(23)19(9-17)31-5-4-30(21(31)33)14(2)16-10-28-32(12-16)15(3)27/h4-5,8-10,12-15H,6-7,11H2,1-3H3/t13-,14?,15?/m1/s1. The number of hydrogen-bond donors (Lipinski definition) is 0. The molecule has 0 aliphatic carbocycles. The molecule has 12 heteroatoms. The first-order valence-corrected chi connectivity index (χ1v) is 12.0. The summed E-state index contributed by atoms with van der Waals surface area (Å²) in [6.07, 6.45) is 1.05. The Morgan fingerprint density at radius 1 is 1.24 bits per heavy atom. The van der Waals surface area contributed by atoms with Crippen LogP contribution >= 0.6 is 22.6 Å². The molecule has 0 bridgehead atoms. The molecule has 2 aromatic heterocycles. The third kappa shape index (κ3) is 4.74. The number of aromatic nitrogens is 4. The molecule has 0 saturated carbocycles. The Bertz CT molecular complexity index is 1230. The molecule has 3 aromatic rings. The minimum Gasteiger partial charge on any atom is -0.375 e. The van der Waals surface area contributed by atoms with Crippen molar-refractivity contribution in [2.75, 3.05) is 24.6 Å². The molecule has 3 atom stereocenters. The third-order valence-corrected chi connectivity index (χ3v) is 6.47. The van der Waals surface area contributed by atoms with Crippen LogP contribution in [0.1, 0.15) is 42.0 Å². The van der Waals surface area contributed by atoms with E-state index in [1.165, 1.54) is 23.0 Å². The number of ether oxygens (including phenoxy) is 1. The predicted octanol–water partition coefficient (Wildman–Crippen LogP) is 4.78. The van der Waals surface area contributed by atoms with Crippen LogP contribution in [0.15, 0.2) is 41.7 Å². The van der Waals surface area contributed by atoms with Gasteiger partial charge in [-0.3, -0.25) is 13.8 Å². The summed E-state index contributed by atoms with van der Waals surface area (Å²) in [4.78, 5) is 14.9. The van der Waals surface area contributed by atoms with Gasteiger partial charge in [0.05, 0.1) is 36.2 Å². The van der Waals surface area contributed by atoms with Gasteiger partial charge in [-0.05, 0) is 32.9 Å². The SMILES string of the molecule is CC(I)n1cc(C(C)n2ccn(-c3cc(N4CCO[C@H](C)C4)cc(C(F)(F)F)c3F)c2=O)cn1. The molecule has 0 amide bonds. The zero-order chi connectivity index (χ0) is 24.8. The van der Waals surface area contributed by atoms with E-state index in [-0.39, 0.29) is 15.8 Å². The molecule has 2 unspecified atom stereocenters. The molecule has 1 fully saturated rings. The van der Waals surface area contributed by atoms with Crippen LogP contribution in [0.4, 0.5) is 23.2 Å². The third-order valence-electron chi connectivity index (χ3n) is 5.90. The number of anilines is 1. The Morgan fingerprint density at radius 3 is 2.59 bits per heavy atom. The van der Waals surface area contributed by atoms with Crippen LogP contribution in [-0.4, -0.2) is 44.7 Å². The fourth-order valence-electron chi connectivity index (χ4n) is 4.00. The van der Waals surface area contributed by atoms with E-state index in [0.717, 1.165) is 16.2 Å². The number of benzene rings is 1. The molecule has 34 heavy (non-hydrogen) atoms. The van der Waals surface area contributed by atoms with Crippen molar-refractivity contribution in [1.82, 2.24) is 18.9 Å². The van der Waals surface area contributed by atoms with Gasteiger partial charge in [-0.1, -0.05) is 22.6 Å². The van der Waals surface area contributed by atoms with Gasteiger partial charge in [0.15, 0.2) is 5.82 Å². The second-order valence-electron chi connectivity index (χ2n) is 8.31. The quantitative estimate of drug-likeness (QED) is 0.243. The molecule has 0 spiro atoms. The van der Waals surface area contributed by atoms with Gasteiger partial charge in [0.1, 0.15) is 4.05 Å². The van der Waals surface area contributed by atoms with Gasteiger partial charge >= 0.3 is 11.9 Å². The number of morpholine rings is 1. The lowest BCUT2D eigenvalue weighted by Crippen LogP contribution is -2.41. The van der Waals surface area contributed by atoms with E-state index < -0.39 is 35.0 Å². The first-order chi connectivity index (χ1) is 16.0. The summed E-state index contributed by atoms with van der Waals surface area (Å²) in [6, 6.07) is 1.63. The minimum atomic E-state index is -4.92. The van der Waals surface area contributed by atoms with Crippen LogP contribution in [-0.2, 0) is 10.9 Å². The highest BCUT2D eigenvalue weighted by molar-refractivity contribution is 14.1. The fraction of sp³-hybridized carbons (Fsp3) is 0.455. The molecule has 0 N–H and O–H groups in total. The average molecular weight is 593 g/mol. The molecule has 4 rings (SSSR count). The van der Waals surface area contributed by atoms with Crippen molar-refractivity contribution >= 4 is 28.3 Å². The summed E-state index contributed by atoms with van der Waals surface area (Å²) in [5.74, 6) is -1.49. The van der Waals surface area contributed by atoms with Crippen LogP contribution in [0.5, 0.6) is 0 Å². The van der Waals surface area contributed by atoms with Crippen molar-refractivity contribution in [2.24, 2.45) is 0 Å². The van der Waals surface area contributed by atoms with Crippen LogP contribution in [0.3, 0.4) is 0 Å². The molecule has 1 aliphatic rings. The first kappa shape index (κ1) is 24.8. The molecule has 1 saturated heterocycles. The maximum atomic E-state index is 15.1. The number of halogens is 5. The topological polar surface area (TPSA) is 57.2 Å². The number of imidazole rings is 1. The van der Waals surface area contributed by atoms with Gasteiger partial charge in [0.2, 0.25) is 0 Å². The van der Waals surface area contributed by atoms with Crippen molar-refractivity contribution in [1.29, 1.82) is 0 Å². The Morgan fingerprint density at radius 2 is 1.97 bits per heavy atom. The lowest BCUT2D eigenvalue weighted by molar-refractivity contribution is -0.139. The molecule has 1 aromatic carbocycles. The van der Waals surface area contributed by atoms with Crippen LogP contribution in [0.2, 0.25) is 0 Å². The molecular weight excluding hydrogens is 569 g/mol. The summed E-state index contributed by atoms with van der Waals surface area (Å²) in [5.41, 5.74) is -1.58. The lowest BCUT2D eigenvalue weighted by Gasteiger charge is -2.33. The zero-order valence-corrected chi connectivity index (χ0v) is 20.9. The summed E-state index contributed by atoms with van der Waals surface area (Å²) in [5, 5.41) is 4.27. The van der Waals surface area contributed by atoms with Crippen molar-refractivity contribution in [3.63, 3.8) is 0 Å². The zero-order valence-electron chi connectivity index (χ0n) is 18.8. The smallest absolute Gasteiger partial charge is 0.375 e. The lowest BCUT2D eigenvalue weighted by atomic mass is 10.1. The number of nitrogens with zero attached hydrogens (tertiary/aromatic N) is 5. The van der Waals surface area contributed by atoms with E-state index in [1.54, 1.807) is 28.9 Å². The summed E-state index contributed by atoms with van der Waals surface area (Å²) >= 11 is 2.20. The Hall–Kier alpha value is -2.35. The van der Waals surface area contributed by atoms with E-state index >= 15 is 4.39 Å². The van der Waals surface area contributed by atoms with Crippen LogP contribution < -0.4 is 10.6 Å². The summed E-state index contributed by atoms with van der Waals surface area (Å²) in [6.45, 7) is 6.59. The van der Waals surface area contributed by atoms with E-state index in [9.17, 15) is 18.0 Å². The van der Waals surface area contributed by atoms with Gasteiger partial charge in [-0.25, -0.2) is 9.18 Å². The number of rotatable bonds is 5. The molecule has 7 nitrogen and oxygen atoms in total. The van der Waals surface area contributed by atoms with E-state index in [0.29, 0.717) is 19.7 Å². The number of hydrogen-bond acceptors (Lipinski definition) is 4. The van der Waals surface area contributed by atoms with E-state index in [1.807, 2.05) is 13.8 Å².